The molecule has 0 spiro atoms. The van der Waals surface area contributed by atoms with Crippen LogP contribution in [0.15, 0.2) is 24.3 Å². The lowest BCUT2D eigenvalue weighted by atomic mass is 9.89. The summed E-state index contributed by atoms with van der Waals surface area (Å²) < 4.78 is 28.2. The second kappa shape index (κ2) is 6.47. The van der Waals surface area contributed by atoms with Gasteiger partial charge in [-0.3, -0.25) is 14.3 Å². The van der Waals surface area contributed by atoms with E-state index in [1.807, 2.05) is 18.7 Å². The third kappa shape index (κ3) is 3.00. The van der Waals surface area contributed by atoms with Gasteiger partial charge in [-0.15, -0.1) is 0 Å². The van der Waals surface area contributed by atoms with Crippen LogP contribution in [0.3, 0.4) is 0 Å². The summed E-state index contributed by atoms with van der Waals surface area (Å²) in [6.07, 6.45) is 0.615. The number of aliphatic carboxylic acids is 1. The summed E-state index contributed by atoms with van der Waals surface area (Å²) in [6.45, 7) is 2.15. The first-order valence-electron chi connectivity index (χ1n) is 8.10. The molecular weight excluding hydrogens is 316 g/mol. The summed E-state index contributed by atoms with van der Waals surface area (Å²) in [5, 5.41) is 9.32. The number of halogens is 2. The maximum Gasteiger partial charge on any atom is 0.320 e. The van der Waals surface area contributed by atoms with Crippen molar-refractivity contribution in [2.75, 3.05) is 13.1 Å². The monoisotopic (exact) mass is 337 g/mol. The summed E-state index contributed by atoms with van der Waals surface area (Å²) in [4.78, 5) is 17.7. The molecule has 3 unspecified atom stereocenters. The number of aromatic nitrogens is 2. The largest absolute Gasteiger partial charge is 0.481 e. The van der Waals surface area contributed by atoms with Crippen molar-refractivity contribution in [1.82, 2.24) is 14.5 Å². The molecule has 0 bridgehead atoms. The molecule has 5 nitrogen and oxygen atoms in total. The van der Waals surface area contributed by atoms with E-state index in [2.05, 4.69) is 4.98 Å². The van der Waals surface area contributed by atoms with Crippen LogP contribution in [0.1, 0.15) is 38.7 Å². The van der Waals surface area contributed by atoms with Gasteiger partial charge in [0, 0.05) is 13.1 Å². The van der Waals surface area contributed by atoms with Gasteiger partial charge < -0.3 is 5.11 Å². The van der Waals surface area contributed by atoms with E-state index in [0.717, 1.165) is 4.57 Å². The maximum atomic E-state index is 13.6. The van der Waals surface area contributed by atoms with Gasteiger partial charge in [0.1, 0.15) is 5.82 Å². The number of rotatable bonds is 4. The quantitative estimate of drug-likeness (QED) is 0.927. The van der Waals surface area contributed by atoms with Crippen molar-refractivity contribution in [1.29, 1.82) is 0 Å². The number of likely N-dealkylation sites (tertiary alicyclic amines) is 1. The van der Waals surface area contributed by atoms with E-state index >= 15 is 0 Å². The summed E-state index contributed by atoms with van der Waals surface area (Å²) >= 11 is 0. The Kier molecular flexibility index (Phi) is 4.54. The number of para-hydroxylation sites is 2. The van der Waals surface area contributed by atoms with Crippen LogP contribution in [0.25, 0.3) is 11.0 Å². The Bertz CT molecular complexity index is 747. The molecule has 24 heavy (non-hydrogen) atoms. The smallest absolute Gasteiger partial charge is 0.320 e. The molecular formula is C17H21F2N3O2. The van der Waals surface area contributed by atoms with Crippen molar-refractivity contribution in [3.8, 4) is 0 Å². The van der Waals surface area contributed by atoms with Gasteiger partial charge in [0.05, 0.1) is 23.0 Å². The molecule has 1 aromatic heterocycles. The maximum absolute atomic E-state index is 13.6. The Hall–Kier alpha value is -2.02. The first-order valence-corrected chi connectivity index (χ1v) is 8.10. The Morgan fingerprint density at radius 1 is 1.33 bits per heavy atom. The molecule has 1 aliphatic rings. The van der Waals surface area contributed by atoms with Gasteiger partial charge in [0.25, 0.3) is 0 Å². The van der Waals surface area contributed by atoms with Crippen LogP contribution in [-0.2, 0) is 4.79 Å². The molecule has 2 aromatic rings. The van der Waals surface area contributed by atoms with Gasteiger partial charge in [-0.05, 0) is 31.4 Å². The number of fused-ring (bicyclic) bond motifs is 1. The van der Waals surface area contributed by atoms with Crippen LogP contribution >= 0.6 is 0 Å². The summed E-state index contributed by atoms with van der Waals surface area (Å²) in [6, 6.07) is 6.44. The van der Waals surface area contributed by atoms with Gasteiger partial charge in [-0.2, -0.15) is 8.78 Å². The molecule has 1 aliphatic heterocycles. The van der Waals surface area contributed by atoms with Gasteiger partial charge >= 0.3 is 12.5 Å². The van der Waals surface area contributed by atoms with Gasteiger partial charge in [-0.25, -0.2) is 4.98 Å². The van der Waals surface area contributed by atoms with E-state index in [1.54, 1.807) is 24.3 Å². The highest BCUT2D eigenvalue weighted by Crippen LogP contribution is 2.33. The number of hydrogen-bond acceptors (Lipinski definition) is 3. The van der Waals surface area contributed by atoms with Gasteiger partial charge in [0.2, 0.25) is 0 Å². The van der Waals surface area contributed by atoms with Crippen LogP contribution in [-0.4, -0.2) is 38.6 Å². The van der Waals surface area contributed by atoms with Gasteiger partial charge in [0.15, 0.2) is 0 Å². The third-order valence-corrected chi connectivity index (χ3v) is 4.78. The fourth-order valence-corrected chi connectivity index (χ4v) is 3.61. The van der Waals surface area contributed by atoms with Crippen molar-refractivity contribution in [3.63, 3.8) is 0 Å². The van der Waals surface area contributed by atoms with Crippen LogP contribution in [0.4, 0.5) is 8.78 Å². The summed E-state index contributed by atoms with van der Waals surface area (Å²) in [5.74, 6) is -0.821. The molecule has 3 rings (SSSR count). The van der Waals surface area contributed by atoms with Crippen LogP contribution in [0, 0.1) is 11.8 Å². The summed E-state index contributed by atoms with van der Waals surface area (Å²) in [7, 11) is 0. The topological polar surface area (TPSA) is 58.4 Å². The highest BCUT2D eigenvalue weighted by atomic mass is 19.3. The first-order chi connectivity index (χ1) is 11.4. The lowest BCUT2D eigenvalue weighted by molar-refractivity contribution is -0.144. The summed E-state index contributed by atoms with van der Waals surface area (Å²) in [5.41, 5.74) is 0.925. The van der Waals surface area contributed by atoms with E-state index in [9.17, 15) is 18.7 Å². The number of carbonyl (C=O) groups is 1. The molecule has 0 amide bonds. The minimum absolute atomic E-state index is 0.201. The molecule has 1 aromatic carbocycles. The third-order valence-electron chi connectivity index (χ3n) is 4.78. The average molecular weight is 337 g/mol. The standard InChI is InChI=1S/C17H21F2N3O2/c1-10-7-12(16(23)24)9-21(8-10)11(2)15-20-13-5-3-4-6-14(13)22(15)17(18)19/h3-6,10-12,17H,7-9H2,1-2H3,(H,23,24). The number of nitrogens with zero attached hydrogens (tertiary/aromatic N) is 3. The molecule has 1 N–H and O–H groups in total. The lowest BCUT2D eigenvalue weighted by Crippen LogP contribution is -2.44. The second-order valence-corrected chi connectivity index (χ2v) is 6.61. The van der Waals surface area contributed by atoms with E-state index in [1.165, 1.54) is 0 Å². The van der Waals surface area contributed by atoms with E-state index in [-0.39, 0.29) is 17.8 Å². The Labute approximate surface area is 138 Å². The van der Waals surface area contributed by atoms with Crippen molar-refractivity contribution < 1.29 is 18.7 Å². The fraction of sp³-hybridized carbons (Fsp3) is 0.529. The molecule has 0 radical (unpaired) electrons. The number of carboxylic acid groups (broad SMARTS) is 1. The van der Waals surface area contributed by atoms with E-state index < -0.39 is 18.4 Å². The van der Waals surface area contributed by atoms with Gasteiger partial charge in [-0.1, -0.05) is 19.1 Å². The molecule has 0 aliphatic carbocycles. The highest BCUT2D eigenvalue weighted by molar-refractivity contribution is 5.76. The van der Waals surface area contributed by atoms with Crippen LogP contribution in [0.5, 0.6) is 0 Å². The molecule has 7 heteroatoms. The Balaban J connectivity index is 1.97. The minimum atomic E-state index is -2.69. The predicted octanol–water partition coefficient (Wildman–Crippen LogP) is 3.54. The molecule has 2 heterocycles. The number of imidazole rings is 1. The number of alkyl halides is 2. The Morgan fingerprint density at radius 2 is 2.04 bits per heavy atom. The van der Waals surface area contributed by atoms with Crippen molar-refractivity contribution >= 4 is 17.0 Å². The van der Waals surface area contributed by atoms with Crippen molar-refractivity contribution in [3.05, 3.63) is 30.1 Å². The minimum Gasteiger partial charge on any atom is -0.481 e. The number of piperidine rings is 1. The predicted molar refractivity (Wildman–Crippen MR) is 85.9 cm³/mol. The Morgan fingerprint density at radius 3 is 2.71 bits per heavy atom. The normalized spacial score (nSPS) is 23.7. The van der Waals surface area contributed by atoms with E-state index in [4.69, 9.17) is 0 Å². The molecule has 1 fully saturated rings. The van der Waals surface area contributed by atoms with Crippen molar-refractivity contribution in [2.45, 2.75) is 32.9 Å². The lowest BCUT2D eigenvalue weighted by Gasteiger charge is -2.38. The second-order valence-electron chi connectivity index (χ2n) is 6.61. The van der Waals surface area contributed by atoms with E-state index in [0.29, 0.717) is 30.5 Å². The molecule has 1 saturated heterocycles. The molecule has 130 valence electrons. The van der Waals surface area contributed by atoms with Crippen molar-refractivity contribution in [2.24, 2.45) is 11.8 Å². The number of hydrogen-bond donors (Lipinski definition) is 1. The van der Waals surface area contributed by atoms with Crippen LogP contribution < -0.4 is 0 Å². The zero-order chi connectivity index (χ0) is 17.4. The number of carboxylic acids is 1. The average Bonchev–Trinajstić information content (AvgIpc) is 2.93. The zero-order valence-corrected chi connectivity index (χ0v) is 13.7. The SMILES string of the molecule is CC1CC(C(=O)O)CN(C(C)c2nc3ccccc3n2C(F)F)C1. The first kappa shape index (κ1) is 16.8. The molecule has 0 saturated carbocycles. The number of benzene rings is 1. The fourth-order valence-electron chi connectivity index (χ4n) is 3.61. The zero-order valence-electron chi connectivity index (χ0n) is 13.7. The highest BCUT2D eigenvalue weighted by Gasteiger charge is 2.34. The van der Waals surface area contributed by atoms with Crippen LogP contribution in [0.2, 0.25) is 0 Å². The molecule has 3 atom stereocenters.